The molecule has 1 saturated carbocycles. The van der Waals surface area contributed by atoms with Gasteiger partial charge in [0.25, 0.3) is 0 Å². The molecule has 1 rings (SSSR count). The fourth-order valence-corrected chi connectivity index (χ4v) is 2.63. The molecule has 2 nitrogen and oxygen atoms in total. The van der Waals surface area contributed by atoms with Crippen LogP contribution in [0.1, 0.15) is 66.2 Å². The van der Waals surface area contributed by atoms with Crippen LogP contribution >= 0.6 is 0 Å². The first-order valence-corrected chi connectivity index (χ1v) is 7.50. The number of ether oxygens (including phenoxy) is 1. The van der Waals surface area contributed by atoms with Gasteiger partial charge in [0.15, 0.2) is 0 Å². The second-order valence-corrected chi connectivity index (χ2v) is 5.88. The van der Waals surface area contributed by atoms with E-state index in [0.29, 0.717) is 6.10 Å². The molecule has 0 amide bonds. The Hall–Kier alpha value is -0.0800. The first kappa shape index (κ1) is 15.0. The Balaban J connectivity index is 2.50. The zero-order valence-electron chi connectivity index (χ0n) is 12.2. The van der Waals surface area contributed by atoms with Crippen molar-refractivity contribution in [1.29, 1.82) is 0 Å². The summed E-state index contributed by atoms with van der Waals surface area (Å²) in [5.41, 5.74) is 0.122. The van der Waals surface area contributed by atoms with Crippen molar-refractivity contribution >= 4 is 0 Å². The van der Waals surface area contributed by atoms with E-state index in [0.717, 1.165) is 25.4 Å². The number of hydrogen-bond acceptors (Lipinski definition) is 2. The van der Waals surface area contributed by atoms with Gasteiger partial charge in [0, 0.05) is 6.54 Å². The minimum absolute atomic E-state index is 0.122. The standard InChI is InChI=1S/C15H31NO/c1-5-11-16-12-15(17-14(4)6-2)9-7-13(3)8-10-15/h13-14,16H,5-12H2,1-4H3. The summed E-state index contributed by atoms with van der Waals surface area (Å²) in [6.45, 7) is 11.2. The van der Waals surface area contributed by atoms with Crippen LogP contribution in [-0.4, -0.2) is 24.8 Å². The Morgan fingerprint density at radius 2 is 1.94 bits per heavy atom. The number of rotatable bonds is 7. The van der Waals surface area contributed by atoms with Gasteiger partial charge in [-0.2, -0.15) is 0 Å². The van der Waals surface area contributed by atoms with Gasteiger partial charge in [-0.25, -0.2) is 0 Å². The molecule has 1 fully saturated rings. The first-order chi connectivity index (χ1) is 8.12. The summed E-state index contributed by atoms with van der Waals surface area (Å²) in [6, 6.07) is 0. The highest BCUT2D eigenvalue weighted by molar-refractivity contribution is 4.89. The summed E-state index contributed by atoms with van der Waals surface area (Å²) in [5.74, 6) is 0.884. The molecule has 102 valence electrons. The highest BCUT2D eigenvalue weighted by atomic mass is 16.5. The molecule has 1 unspecified atom stereocenters. The Morgan fingerprint density at radius 3 is 2.47 bits per heavy atom. The van der Waals surface area contributed by atoms with Gasteiger partial charge in [-0.05, 0) is 57.9 Å². The average molecular weight is 241 g/mol. The molecule has 1 aliphatic carbocycles. The third kappa shape index (κ3) is 4.97. The van der Waals surface area contributed by atoms with Gasteiger partial charge in [-0.15, -0.1) is 0 Å². The van der Waals surface area contributed by atoms with Crippen molar-refractivity contribution in [2.24, 2.45) is 5.92 Å². The van der Waals surface area contributed by atoms with Gasteiger partial charge in [0.2, 0.25) is 0 Å². The van der Waals surface area contributed by atoms with Crippen LogP contribution in [0.2, 0.25) is 0 Å². The van der Waals surface area contributed by atoms with E-state index in [4.69, 9.17) is 4.74 Å². The number of nitrogens with one attached hydrogen (secondary N) is 1. The van der Waals surface area contributed by atoms with Crippen LogP contribution in [0.3, 0.4) is 0 Å². The topological polar surface area (TPSA) is 21.3 Å². The molecule has 1 N–H and O–H groups in total. The summed E-state index contributed by atoms with van der Waals surface area (Å²) in [5, 5.41) is 3.56. The van der Waals surface area contributed by atoms with Gasteiger partial charge in [0.05, 0.1) is 11.7 Å². The molecular weight excluding hydrogens is 210 g/mol. The fraction of sp³-hybridized carbons (Fsp3) is 1.00. The highest BCUT2D eigenvalue weighted by Crippen LogP contribution is 2.35. The van der Waals surface area contributed by atoms with E-state index < -0.39 is 0 Å². The average Bonchev–Trinajstić information content (AvgIpc) is 2.33. The first-order valence-electron chi connectivity index (χ1n) is 7.50. The SMILES string of the molecule is CCCNCC1(OC(C)CC)CCC(C)CC1. The van der Waals surface area contributed by atoms with Gasteiger partial charge in [0.1, 0.15) is 0 Å². The lowest BCUT2D eigenvalue weighted by Gasteiger charge is -2.41. The Bertz CT molecular complexity index is 197. The van der Waals surface area contributed by atoms with E-state index >= 15 is 0 Å². The van der Waals surface area contributed by atoms with E-state index in [1.165, 1.54) is 32.1 Å². The van der Waals surface area contributed by atoms with Crippen LogP contribution in [0.4, 0.5) is 0 Å². The molecule has 2 heteroatoms. The molecule has 0 aliphatic heterocycles. The predicted octanol–water partition coefficient (Wildman–Crippen LogP) is 3.75. The molecule has 0 saturated heterocycles. The quantitative estimate of drug-likeness (QED) is 0.685. The highest BCUT2D eigenvalue weighted by Gasteiger charge is 2.35. The molecule has 0 aromatic heterocycles. The Kier molecular flexibility index (Phi) is 6.50. The molecule has 17 heavy (non-hydrogen) atoms. The van der Waals surface area contributed by atoms with E-state index in [1.54, 1.807) is 0 Å². The smallest absolute Gasteiger partial charge is 0.0810 e. The maximum atomic E-state index is 6.36. The van der Waals surface area contributed by atoms with Crippen molar-refractivity contribution in [3.05, 3.63) is 0 Å². The van der Waals surface area contributed by atoms with Crippen molar-refractivity contribution in [1.82, 2.24) is 5.32 Å². The van der Waals surface area contributed by atoms with Crippen LogP contribution < -0.4 is 5.32 Å². The fourth-order valence-electron chi connectivity index (χ4n) is 2.63. The van der Waals surface area contributed by atoms with Crippen molar-refractivity contribution in [3.63, 3.8) is 0 Å². The Labute approximate surface area is 108 Å². The maximum Gasteiger partial charge on any atom is 0.0810 e. The summed E-state index contributed by atoms with van der Waals surface area (Å²) in [7, 11) is 0. The molecule has 0 bridgehead atoms. The summed E-state index contributed by atoms with van der Waals surface area (Å²) in [4.78, 5) is 0. The Morgan fingerprint density at radius 1 is 1.29 bits per heavy atom. The molecule has 0 aromatic carbocycles. The summed E-state index contributed by atoms with van der Waals surface area (Å²) in [6.07, 6.45) is 7.83. The molecule has 0 aromatic rings. The zero-order valence-corrected chi connectivity index (χ0v) is 12.2. The van der Waals surface area contributed by atoms with Crippen LogP contribution in [0.15, 0.2) is 0 Å². The minimum atomic E-state index is 0.122. The molecule has 0 heterocycles. The van der Waals surface area contributed by atoms with E-state index in [1.807, 2.05) is 0 Å². The van der Waals surface area contributed by atoms with Crippen molar-refractivity contribution in [2.75, 3.05) is 13.1 Å². The molecule has 0 spiro atoms. The largest absolute Gasteiger partial charge is 0.371 e. The lowest BCUT2D eigenvalue weighted by atomic mass is 9.79. The molecule has 1 atom stereocenters. The number of hydrogen-bond donors (Lipinski definition) is 1. The zero-order chi connectivity index (χ0) is 12.7. The molecule has 1 aliphatic rings. The predicted molar refractivity (Wildman–Crippen MR) is 74.4 cm³/mol. The van der Waals surface area contributed by atoms with Crippen LogP contribution in [0, 0.1) is 5.92 Å². The van der Waals surface area contributed by atoms with E-state index in [9.17, 15) is 0 Å². The van der Waals surface area contributed by atoms with Crippen LogP contribution in [0.25, 0.3) is 0 Å². The molecule has 0 radical (unpaired) electrons. The van der Waals surface area contributed by atoms with Crippen molar-refractivity contribution in [2.45, 2.75) is 77.9 Å². The van der Waals surface area contributed by atoms with Gasteiger partial charge in [-0.1, -0.05) is 20.8 Å². The second kappa shape index (κ2) is 7.38. The van der Waals surface area contributed by atoms with Crippen LogP contribution in [0.5, 0.6) is 0 Å². The maximum absolute atomic E-state index is 6.36. The van der Waals surface area contributed by atoms with E-state index in [-0.39, 0.29) is 5.60 Å². The third-order valence-electron chi connectivity index (χ3n) is 4.09. The monoisotopic (exact) mass is 241 g/mol. The normalized spacial score (nSPS) is 31.4. The van der Waals surface area contributed by atoms with E-state index in [2.05, 4.69) is 33.0 Å². The van der Waals surface area contributed by atoms with Gasteiger partial charge < -0.3 is 10.1 Å². The van der Waals surface area contributed by atoms with Crippen LogP contribution in [-0.2, 0) is 4.74 Å². The van der Waals surface area contributed by atoms with Crippen molar-refractivity contribution < 1.29 is 4.74 Å². The van der Waals surface area contributed by atoms with Crippen molar-refractivity contribution in [3.8, 4) is 0 Å². The minimum Gasteiger partial charge on any atom is -0.371 e. The third-order valence-corrected chi connectivity index (χ3v) is 4.09. The summed E-state index contributed by atoms with van der Waals surface area (Å²) >= 11 is 0. The summed E-state index contributed by atoms with van der Waals surface area (Å²) < 4.78 is 6.36. The lowest BCUT2D eigenvalue weighted by molar-refractivity contribution is -0.111. The second-order valence-electron chi connectivity index (χ2n) is 5.88. The lowest BCUT2D eigenvalue weighted by Crippen LogP contribution is -2.47. The van der Waals surface area contributed by atoms with Gasteiger partial charge >= 0.3 is 0 Å². The molecular formula is C15H31NO. The van der Waals surface area contributed by atoms with Gasteiger partial charge in [-0.3, -0.25) is 0 Å².